The van der Waals surface area contributed by atoms with Gasteiger partial charge in [0.1, 0.15) is 6.17 Å². The molecule has 2 unspecified atom stereocenters. The van der Waals surface area contributed by atoms with Gasteiger partial charge in [0.05, 0.1) is 6.04 Å². The van der Waals surface area contributed by atoms with Gasteiger partial charge in [0.15, 0.2) is 0 Å². The molecule has 72 valence electrons. The molecule has 0 aliphatic heterocycles. The van der Waals surface area contributed by atoms with Crippen LogP contribution in [0.4, 0.5) is 4.39 Å². The second kappa shape index (κ2) is 4.86. The van der Waals surface area contributed by atoms with Crippen LogP contribution >= 0.6 is 0 Å². The number of nitrogens with one attached hydrogen (secondary N) is 1. The summed E-state index contributed by atoms with van der Waals surface area (Å²) < 4.78 is 13.2. The molecule has 0 bridgehead atoms. The number of amides is 1. The predicted octanol–water partition coefficient (Wildman–Crippen LogP) is 1.41. The van der Waals surface area contributed by atoms with Crippen molar-refractivity contribution in [3.05, 3.63) is 0 Å². The van der Waals surface area contributed by atoms with Crippen LogP contribution < -0.4 is 5.32 Å². The molecule has 0 aromatic heterocycles. The van der Waals surface area contributed by atoms with Gasteiger partial charge in [-0.1, -0.05) is 18.8 Å². The molecule has 1 rings (SSSR count). The van der Waals surface area contributed by atoms with Crippen LogP contribution in [0.15, 0.2) is 0 Å². The van der Waals surface area contributed by atoms with Crippen molar-refractivity contribution in [1.82, 2.24) is 5.32 Å². The van der Waals surface area contributed by atoms with Crippen LogP contribution in [0.25, 0.3) is 0 Å². The van der Waals surface area contributed by atoms with E-state index < -0.39 is 6.17 Å². The Bertz CT molecular complexity index is 241. The molecule has 0 aromatic rings. The molecule has 1 aliphatic rings. The van der Waals surface area contributed by atoms with Crippen molar-refractivity contribution in [1.29, 1.82) is 0 Å². The van der Waals surface area contributed by atoms with E-state index in [4.69, 9.17) is 0 Å². The maximum Gasteiger partial charge on any atom is 0.296 e. The lowest BCUT2D eigenvalue weighted by atomic mass is 9.94. The first-order valence-corrected chi connectivity index (χ1v) is 4.61. The van der Waals surface area contributed by atoms with Gasteiger partial charge in [-0.25, -0.2) is 4.39 Å². The second-order valence-electron chi connectivity index (χ2n) is 3.26. The number of rotatable bonds is 1. The van der Waals surface area contributed by atoms with Gasteiger partial charge in [-0.2, -0.15) is 0 Å². The minimum absolute atomic E-state index is 0.318. The molecule has 0 spiro atoms. The average Bonchev–Trinajstić information content (AvgIpc) is 2.09. The topological polar surface area (TPSA) is 29.1 Å². The summed E-state index contributed by atoms with van der Waals surface area (Å²) in [6, 6.07) is -0.318. The van der Waals surface area contributed by atoms with Crippen LogP contribution in [-0.4, -0.2) is 18.1 Å². The molecule has 2 atom stereocenters. The molecule has 1 N–H and O–H groups in total. The number of hydrogen-bond donors (Lipinski definition) is 1. The molecular weight excluding hydrogens is 169 g/mol. The van der Waals surface area contributed by atoms with E-state index in [0.29, 0.717) is 6.42 Å². The zero-order valence-electron chi connectivity index (χ0n) is 7.77. The normalized spacial score (nSPS) is 27.2. The minimum Gasteiger partial charge on any atom is -0.340 e. The Morgan fingerprint density at radius 2 is 2.15 bits per heavy atom. The lowest BCUT2D eigenvalue weighted by molar-refractivity contribution is -0.117. The number of halogens is 1. The Hall–Kier alpha value is -1.04. The fourth-order valence-electron chi connectivity index (χ4n) is 1.57. The molecule has 1 saturated carbocycles. The Balaban J connectivity index is 2.41. The van der Waals surface area contributed by atoms with Crippen molar-refractivity contribution < 1.29 is 9.18 Å². The number of carbonyl (C=O) groups excluding carboxylic acids is 1. The van der Waals surface area contributed by atoms with E-state index in [1.807, 2.05) is 0 Å². The highest BCUT2D eigenvalue weighted by Gasteiger charge is 2.25. The van der Waals surface area contributed by atoms with E-state index >= 15 is 0 Å². The first-order valence-electron chi connectivity index (χ1n) is 4.61. The van der Waals surface area contributed by atoms with Gasteiger partial charge in [0.2, 0.25) is 0 Å². The van der Waals surface area contributed by atoms with Gasteiger partial charge in [0.25, 0.3) is 5.91 Å². The van der Waals surface area contributed by atoms with Crippen molar-refractivity contribution in [3.8, 4) is 11.8 Å². The summed E-state index contributed by atoms with van der Waals surface area (Å²) in [5, 5.41) is 2.58. The third-order valence-corrected chi connectivity index (χ3v) is 2.24. The molecule has 2 nitrogen and oxygen atoms in total. The SMILES string of the molecule is CC#CC(=O)NC1CCCCC1F. The fourth-order valence-corrected chi connectivity index (χ4v) is 1.57. The number of alkyl halides is 1. The molecule has 0 aromatic carbocycles. The van der Waals surface area contributed by atoms with Crippen LogP contribution in [0.3, 0.4) is 0 Å². The van der Waals surface area contributed by atoms with E-state index in [1.54, 1.807) is 6.92 Å². The minimum atomic E-state index is -0.892. The van der Waals surface area contributed by atoms with Gasteiger partial charge in [-0.05, 0) is 25.7 Å². The average molecular weight is 183 g/mol. The van der Waals surface area contributed by atoms with Crippen LogP contribution in [0, 0.1) is 11.8 Å². The van der Waals surface area contributed by atoms with Gasteiger partial charge < -0.3 is 5.32 Å². The zero-order valence-corrected chi connectivity index (χ0v) is 7.77. The Morgan fingerprint density at radius 1 is 1.46 bits per heavy atom. The van der Waals surface area contributed by atoms with Gasteiger partial charge in [-0.15, -0.1) is 0 Å². The predicted molar refractivity (Wildman–Crippen MR) is 48.7 cm³/mol. The standard InChI is InChI=1S/C10H14FNO/c1-2-5-10(13)12-9-7-4-3-6-8(9)11/h8-9H,3-4,6-7H2,1H3,(H,12,13). The molecule has 3 heteroatoms. The van der Waals surface area contributed by atoms with E-state index in [0.717, 1.165) is 19.3 Å². The molecule has 13 heavy (non-hydrogen) atoms. The maximum absolute atomic E-state index is 13.2. The Labute approximate surface area is 77.9 Å². The first-order chi connectivity index (χ1) is 6.24. The summed E-state index contributed by atoms with van der Waals surface area (Å²) in [6.07, 6.45) is 2.32. The summed E-state index contributed by atoms with van der Waals surface area (Å²) in [5.41, 5.74) is 0. The van der Waals surface area contributed by atoms with E-state index in [9.17, 15) is 9.18 Å². The maximum atomic E-state index is 13.2. The molecule has 1 fully saturated rings. The van der Waals surface area contributed by atoms with Crippen LogP contribution in [0.5, 0.6) is 0 Å². The van der Waals surface area contributed by atoms with Crippen molar-refractivity contribution in [2.75, 3.05) is 0 Å². The second-order valence-corrected chi connectivity index (χ2v) is 3.26. The lowest BCUT2D eigenvalue weighted by Gasteiger charge is -2.25. The van der Waals surface area contributed by atoms with E-state index in [1.165, 1.54) is 0 Å². The summed E-state index contributed by atoms with van der Waals surface area (Å²) >= 11 is 0. The molecule has 0 radical (unpaired) electrons. The van der Waals surface area contributed by atoms with Crippen LogP contribution in [-0.2, 0) is 4.79 Å². The third-order valence-electron chi connectivity index (χ3n) is 2.24. The van der Waals surface area contributed by atoms with Gasteiger partial charge in [-0.3, -0.25) is 4.79 Å². The zero-order chi connectivity index (χ0) is 9.68. The van der Waals surface area contributed by atoms with Gasteiger partial charge in [0, 0.05) is 0 Å². The van der Waals surface area contributed by atoms with Crippen molar-refractivity contribution in [2.24, 2.45) is 0 Å². The van der Waals surface area contributed by atoms with E-state index in [2.05, 4.69) is 17.2 Å². The summed E-state index contributed by atoms with van der Waals surface area (Å²) in [4.78, 5) is 11.0. The molecular formula is C10H14FNO. The lowest BCUT2D eigenvalue weighted by Crippen LogP contribution is -2.42. The molecule has 0 heterocycles. The van der Waals surface area contributed by atoms with Crippen molar-refractivity contribution in [2.45, 2.75) is 44.8 Å². The van der Waals surface area contributed by atoms with Crippen molar-refractivity contribution in [3.63, 3.8) is 0 Å². The summed E-state index contributed by atoms with van der Waals surface area (Å²) in [7, 11) is 0. The number of hydrogen-bond acceptors (Lipinski definition) is 1. The number of carbonyl (C=O) groups is 1. The largest absolute Gasteiger partial charge is 0.340 e. The first kappa shape index (κ1) is 10.0. The van der Waals surface area contributed by atoms with Crippen LogP contribution in [0.1, 0.15) is 32.6 Å². The van der Waals surface area contributed by atoms with Crippen LogP contribution in [0.2, 0.25) is 0 Å². The molecule has 0 saturated heterocycles. The Kier molecular flexibility index (Phi) is 3.75. The van der Waals surface area contributed by atoms with E-state index in [-0.39, 0.29) is 11.9 Å². The van der Waals surface area contributed by atoms with Crippen molar-refractivity contribution >= 4 is 5.91 Å². The third kappa shape index (κ3) is 3.06. The highest BCUT2D eigenvalue weighted by atomic mass is 19.1. The smallest absolute Gasteiger partial charge is 0.296 e. The van der Waals surface area contributed by atoms with Gasteiger partial charge >= 0.3 is 0 Å². The highest BCUT2D eigenvalue weighted by Crippen LogP contribution is 2.20. The Morgan fingerprint density at radius 3 is 2.77 bits per heavy atom. The summed E-state index contributed by atoms with van der Waals surface area (Å²) in [6.45, 7) is 1.59. The fraction of sp³-hybridized carbons (Fsp3) is 0.700. The quantitative estimate of drug-likeness (QED) is 0.612. The monoisotopic (exact) mass is 183 g/mol. The molecule has 1 amide bonds. The summed E-state index contributed by atoms with van der Waals surface area (Å²) in [5.74, 6) is 4.47. The highest BCUT2D eigenvalue weighted by molar-refractivity contribution is 5.93. The molecule has 1 aliphatic carbocycles.